The zero-order valence-corrected chi connectivity index (χ0v) is 14.2. The molecule has 2 unspecified atom stereocenters. The van der Waals surface area contributed by atoms with Gasteiger partial charge in [-0.15, -0.1) is 0 Å². The number of nitrogens with one attached hydrogen (secondary N) is 1. The van der Waals surface area contributed by atoms with Crippen LogP contribution in [0.4, 0.5) is 0 Å². The normalized spacial score (nSPS) is 15.3. The lowest BCUT2D eigenvalue weighted by atomic mass is 9.82. The minimum absolute atomic E-state index is 0.429. The van der Waals surface area contributed by atoms with Gasteiger partial charge in [0, 0.05) is 25.0 Å². The molecule has 0 aromatic carbocycles. The predicted molar refractivity (Wildman–Crippen MR) is 86.8 cm³/mol. The van der Waals surface area contributed by atoms with E-state index >= 15 is 0 Å². The molecule has 0 aliphatic heterocycles. The predicted octanol–water partition coefficient (Wildman–Crippen LogP) is 3.79. The van der Waals surface area contributed by atoms with Crippen molar-refractivity contribution < 1.29 is 0 Å². The first-order valence-electron chi connectivity index (χ1n) is 8.02. The van der Waals surface area contributed by atoms with Crippen LogP contribution in [-0.4, -0.2) is 22.4 Å². The second-order valence-electron chi connectivity index (χ2n) is 7.35. The van der Waals surface area contributed by atoms with Crippen molar-refractivity contribution in [2.45, 2.75) is 66.3 Å². The summed E-state index contributed by atoms with van der Waals surface area (Å²) in [4.78, 5) is 0. The molecule has 1 heterocycles. The lowest BCUT2D eigenvalue weighted by Gasteiger charge is -2.27. The van der Waals surface area contributed by atoms with Crippen molar-refractivity contribution in [3.05, 3.63) is 18.0 Å². The first-order chi connectivity index (χ1) is 9.31. The average Bonchev–Trinajstić information content (AvgIpc) is 2.69. The number of hydrogen-bond donors (Lipinski definition) is 1. The minimum atomic E-state index is 0.429. The minimum Gasteiger partial charge on any atom is -0.314 e. The van der Waals surface area contributed by atoms with Crippen molar-refractivity contribution in [2.75, 3.05) is 6.54 Å². The zero-order chi connectivity index (χ0) is 15.2. The summed E-state index contributed by atoms with van der Waals surface area (Å²) in [5.41, 5.74) is 1.76. The Morgan fingerprint density at radius 1 is 1.35 bits per heavy atom. The van der Waals surface area contributed by atoms with E-state index in [-0.39, 0.29) is 0 Å². The van der Waals surface area contributed by atoms with Crippen LogP contribution in [0.25, 0.3) is 0 Å². The Balaban J connectivity index is 2.45. The van der Waals surface area contributed by atoms with Crippen LogP contribution in [0, 0.1) is 11.3 Å². The van der Waals surface area contributed by atoms with Crippen LogP contribution in [0.1, 0.15) is 59.6 Å². The van der Waals surface area contributed by atoms with Crippen LogP contribution in [0.3, 0.4) is 0 Å². The third-order valence-electron chi connectivity index (χ3n) is 3.81. The molecule has 0 aliphatic carbocycles. The lowest BCUT2D eigenvalue weighted by Crippen LogP contribution is -2.32. The number of aryl methyl sites for hydroxylation is 2. The van der Waals surface area contributed by atoms with E-state index in [1.165, 1.54) is 25.0 Å². The molecule has 1 aromatic heterocycles. The molecule has 1 rings (SSSR count). The molecule has 0 aliphatic rings. The highest BCUT2D eigenvalue weighted by Gasteiger charge is 2.19. The fraction of sp³-hybridized carbons (Fsp3) is 0.824. The van der Waals surface area contributed by atoms with Gasteiger partial charge in [0.1, 0.15) is 0 Å². The van der Waals surface area contributed by atoms with Crippen LogP contribution in [-0.2, 0) is 13.5 Å². The van der Waals surface area contributed by atoms with Gasteiger partial charge in [0.05, 0.1) is 0 Å². The van der Waals surface area contributed by atoms with Gasteiger partial charge in [0.15, 0.2) is 0 Å². The molecule has 0 amide bonds. The van der Waals surface area contributed by atoms with Crippen molar-refractivity contribution in [2.24, 2.45) is 18.4 Å². The zero-order valence-electron chi connectivity index (χ0n) is 14.2. The summed E-state index contributed by atoms with van der Waals surface area (Å²) >= 11 is 0. The highest BCUT2D eigenvalue weighted by Crippen LogP contribution is 2.27. The van der Waals surface area contributed by atoms with Gasteiger partial charge in [0.25, 0.3) is 0 Å². The molecule has 0 saturated heterocycles. The fourth-order valence-corrected chi connectivity index (χ4v) is 3.17. The maximum atomic E-state index is 4.25. The van der Waals surface area contributed by atoms with E-state index in [4.69, 9.17) is 0 Å². The molecule has 0 bridgehead atoms. The summed E-state index contributed by atoms with van der Waals surface area (Å²) in [6, 6.07) is 2.74. The smallest absolute Gasteiger partial charge is 0.0492 e. The molecule has 3 nitrogen and oxygen atoms in total. The van der Waals surface area contributed by atoms with E-state index in [1.807, 2.05) is 17.9 Å². The van der Waals surface area contributed by atoms with Crippen molar-refractivity contribution in [1.29, 1.82) is 0 Å². The Bertz CT molecular complexity index is 376. The Morgan fingerprint density at radius 2 is 2.05 bits per heavy atom. The second-order valence-corrected chi connectivity index (χ2v) is 7.35. The molecule has 0 spiro atoms. The molecule has 20 heavy (non-hydrogen) atoms. The van der Waals surface area contributed by atoms with Gasteiger partial charge < -0.3 is 5.32 Å². The van der Waals surface area contributed by atoms with Gasteiger partial charge in [0.2, 0.25) is 0 Å². The summed E-state index contributed by atoms with van der Waals surface area (Å²) in [6.07, 6.45) is 6.75. The topological polar surface area (TPSA) is 29.9 Å². The van der Waals surface area contributed by atoms with E-state index in [0.717, 1.165) is 18.9 Å². The Morgan fingerprint density at radius 3 is 2.55 bits per heavy atom. The average molecular weight is 279 g/mol. The molecule has 1 aromatic rings. The maximum absolute atomic E-state index is 4.25. The van der Waals surface area contributed by atoms with Gasteiger partial charge >= 0.3 is 0 Å². The quantitative estimate of drug-likeness (QED) is 0.784. The number of rotatable bonds is 8. The summed E-state index contributed by atoms with van der Waals surface area (Å²) < 4.78 is 1.99. The van der Waals surface area contributed by atoms with Crippen LogP contribution < -0.4 is 5.32 Å². The fourth-order valence-electron chi connectivity index (χ4n) is 3.17. The summed E-state index contributed by atoms with van der Waals surface area (Å²) in [5.74, 6) is 0.769. The largest absolute Gasteiger partial charge is 0.314 e. The number of aromatic nitrogens is 2. The molecule has 0 radical (unpaired) electrons. The molecule has 2 atom stereocenters. The first kappa shape index (κ1) is 17.2. The van der Waals surface area contributed by atoms with Crippen LogP contribution >= 0.6 is 0 Å². The molecular formula is C17H33N3. The molecule has 116 valence electrons. The van der Waals surface area contributed by atoms with E-state index in [2.05, 4.69) is 51.1 Å². The third kappa shape index (κ3) is 6.56. The SMILES string of the molecule is CCNC(CCc1ccnn1C)CC(C)CC(C)(C)C. The first-order valence-corrected chi connectivity index (χ1v) is 8.02. The number of nitrogens with zero attached hydrogens (tertiary/aromatic N) is 2. The van der Waals surface area contributed by atoms with Gasteiger partial charge in [-0.1, -0.05) is 34.6 Å². The Kier molecular flexibility index (Phi) is 6.74. The van der Waals surface area contributed by atoms with E-state index in [0.29, 0.717) is 11.5 Å². The van der Waals surface area contributed by atoms with E-state index in [9.17, 15) is 0 Å². The van der Waals surface area contributed by atoms with Crippen LogP contribution in [0.15, 0.2) is 12.3 Å². The molecule has 0 fully saturated rings. The van der Waals surface area contributed by atoms with Crippen LogP contribution in [0.5, 0.6) is 0 Å². The lowest BCUT2D eigenvalue weighted by molar-refractivity contribution is 0.271. The van der Waals surface area contributed by atoms with Gasteiger partial charge in [-0.05, 0) is 49.6 Å². The molecular weight excluding hydrogens is 246 g/mol. The Labute approximate surface area is 125 Å². The maximum Gasteiger partial charge on any atom is 0.0492 e. The summed E-state index contributed by atoms with van der Waals surface area (Å²) in [5, 5.41) is 7.90. The summed E-state index contributed by atoms with van der Waals surface area (Å²) in [6.45, 7) is 12.6. The highest BCUT2D eigenvalue weighted by molar-refractivity contribution is 5.00. The second kappa shape index (κ2) is 7.82. The molecule has 3 heteroatoms. The summed E-state index contributed by atoms with van der Waals surface area (Å²) in [7, 11) is 2.03. The van der Waals surface area contributed by atoms with Crippen molar-refractivity contribution in [1.82, 2.24) is 15.1 Å². The van der Waals surface area contributed by atoms with Gasteiger partial charge in [-0.2, -0.15) is 5.10 Å². The van der Waals surface area contributed by atoms with Crippen LogP contribution in [0.2, 0.25) is 0 Å². The van der Waals surface area contributed by atoms with Crippen molar-refractivity contribution in [3.8, 4) is 0 Å². The molecule has 0 saturated carbocycles. The van der Waals surface area contributed by atoms with Gasteiger partial charge in [-0.25, -0.2) is 0 Å². The highest BCUT2D eigenvalue weighted by atomic mass is 15.2. The van der Waals surface area contributed by atoms with Crippen molar-refractivity contribution >= 4 is 0 Å². The van der Waals surface area contributed by atoms with E-state index in [1.54, 1.807) is 0 Å². The van der Waals surface area contributed by atoms with E-state index < -0.39 is 0 Å². The monoisotopic (exact) mass is 279 g/mol. The van der Waals surface area contributed by atoms with Gasteiger partial charge in [-0.3, -0.25) is 4.68 Å². The Hall–Kier alpha value is -0.830. The third-order valence-corrected chi connectivity index (χ3v) is 3.81. The number of hydrogen-bond acceptors (Lipinski definition) is 2. The molecule has 1 N–H and O–H groups in total. The van der Waals surface area contributed by atoms with Crippen molar-refractivity contribution in [3.63, 3.8) is 0 Å². The standard InChI is InChI=1S/C17H33N3/c1-7-18-15(12-14(2)13-17(3,4)5)8-9-16-10-11-19-20(16)6/h10-11,14-15,18H,7-9,12-13H2,1-6H3.